The van der Waals surface area contributed by atoms with Crippen LogP contribution in [0.25, 0.3) is 0 Å². The molecule has 2 rings (SSSR count). The van der Waals surface area contributed by atoms with Gasteiger partial charge in [-0.3, -0.25) is 0 Å². The first-order valence-corrected chi connectivity index (χ1v) is 8.77. The minimum atomic E-state index is 0.635. The molecule has 5 heteroatoms. The number of nitrogens with zero attached hydrogens (tertiary/aromatic N) is 2. The van der Waals surface area contributed by atoms with Crippen LogP contribution >= 0.6 is 23.1 Å². The SMILES string of the molecule is CC(C)CNCCCc1nnc(C2CCCS2)s1. The molecule has 0 amide bonds. The second-order valence-corrected chi connectivity index (χ2v) is 7.64. The number of hydrogen-bond donors (Lipinski definition) is 1. The fourth-order valence-corrected chi connectivity index (χ4v) is 4.42. The topological polar surface area (TPSA) is 37.8 Å². The van der Waals surface area contributed by atoms with Crippen molar-refractivity contribution in [1.29, 1.82) is 0 Å². The lowest BCUT2D eigenvalue weighted by Gasteiger charge is -2.05. The quantitative estimate of drug-likeness (QED) is 0.780. The highest BCUT2D eigenvalue weighted by molar-refractivity contribution is 7.99. The Morgan fingerprint density at radius 2 is 2.28 bits per heavy atom. The van der Waals surface area contributed by atoms with Crippen molar-refractivity contribution in [2.24, 2.45) is 5.92 Å². The fraction of sp³-hybridized carbons (Fsp3) is 0.846. The van der Waals surface area contributed by atoms with Gasteiger partial charge in [-0.05, 0) is 44.0 Å². The molecule has 1 aliphatic heterocycles. The lowest BCUT2D eigenvalue weighted by molar-refractivity contribution is 0.542. The van der Waals surface area contributed by atoms with Crippen LogP contribution in [0.2, 0.25) is 0 Å². The molecule has 0 spiro atoms. The second kappa shape index (κ2) is 7.46. The molecule has 1 aromatic heterocycles. The van der Waals surface area contributed by atoms with E-state index in [1.165, 1.54) is 35.0 Å². The second-order valence-electron chi connectivity index (χ2n) is 5.24. The third-order valence-corrected chi connectivity index (χ3v) is 5.62. The van der Waals surface area contributed by atoms with Gasteiger partial charge in [0.15, 0.2) is 0 Å². The molecule has 102 valence electrons. The number of hydrogen-bond acceptors (Lipinski definition) is 5. The van der Waals surface area contributed by atoms with Gasteiger partial charge < -0.3 is 5.32 Å². The first kappa shape index (κ1) is 14.3. The van der Waals surface area contributed by atoms with Crippen LogP contribution in [0.3, 0.4) is 0 Å². The summed E-state index contributed by atoms with van der Waals surface area (Å²) in [5, 5.41) is 15.2. The van der Waals surface area contributed by atoms with Gasteiger partial charge in [0, 0.05) is 6.42 Å². The van der Waals surface area contributed by atoms with Crippen LogP contribution in [-0.2, 0) is 6.42 Å². The molecule has 3 nitrogen and oxygen atoms in total. The van der Waals surface area contributed by atoms with Crippen molar-refractivity contribution in [2.45, 2.75) is 44.8 Å². The van der Waals surface area contributed by atoms with Gasteiger partial charge in [-0.2, -0.15) is 11.8 Å². The zero-order valence-corrected chi connectivity index (χ0v) is 12.9. The third kappa shape index (κ3) is 4.52. The summed E-state index contributed by atoms with van der Waals surface area (Å²) in [7, 11) is 0. The highest BCUT2D eigenvalue weighted by Gasteiger charge is 2.21. The van der Waals surface area contributed by atoms with Gasteiger partial charge in [0.2, 0.25) is 0 Å². The van der Waals surface area contributed by atoms with Crippen LogP contribution in [0.15, 0.2) is 0 Å². The van der Waals surface area contributed by atoms with Gasteiger partial charge in [0.1, 0.15) is 10.0 Å². The van der Waals surface area contributed by atoms with Crippen LogP contribution in [0.1, 0.15) is 48.4 Å². The Morgan fingerprint density at radius 1 is 1.39 bits per heavy atom. The molecule has 1 unspecified atom stereocenters. The summed E-state index contributed by atoms with van der Waals surface area (Å²) in [6, 6.07) is 0. The van der Waals surface area contributed by atoms with Crippen molar-refractivity contribution >= 4 is 23.1 Å². The van der Waals surface area contributed by atoms with Gasteiger partial charge in [-0.1, -0.05) is 13.8 Å². The van der Waals surface area contributed by atoms with E-state index >= 15 is 0 Å². The molecular weight excluding hydrogens is 262 g/mol. The standard InChI is InChI=1S/C13H23N3S2/c1-10(2)9-14-7-3-6-12-15-16-13(18-12)11-5-4-8-17-11/h10-11,14H,3-9H2,1-2H3. The predicted octanol–water partition coefficient (Wildman–Crippen LogP) is 3.28. The first-order valence-electron chi connectivity index (χ1n) is 6.90. The molecular formula is C13H23N3S2. The van der Waals surface area contributed by atoms with Gasteiger partial charge in [0.05, 0.1) is 5.25 Å². The lowest BCUT2D eigenvalue weighted by Crippen LogP contribution is -2.21. The molecule has 1 saturated heterocycles. The molecule has 0 aliphatic carbocycles. The van der Waals surface area contributed by atoms with Crippen LogP contribution in [0, 0.1) is 5.92 Å². The number of aromatic nitrogens is 2. The summed E-state index contributed by atoms with van der Waals surface area (Å²) >= 11 is 3.86. The lowest BCUT2D eigenvalue weighted by atomic mass is 10.2. The monoisotopic (exact) mass is 285 g/mol. The molecule has 2 heterocycles. The smallest absolute Gasteiger partial charge is 0.130 e. The van der Waals surface area contributed by atoms with Gasteiger partial charge in [-0.25, -0.2) is 0 Å². The van der Waals surface area contributed by atoms with Crippen molar-refractivity contribution in [3.63, 3.8) is 0 Å². The molecule has 0 saturated carbocycles. The number of nitrogens with one attached hydrogen (secondary N) is 1. The summed E-state index contributed by atoms with van der Waals surface area (Å²) < 4.78 is 0. The van der Waals surface area contributed by atoms with E-state index in [4.69, 9.17) is 0 Å². The van der Waals surface area contributed by atoms with Gasteiger partial charge in [-0.15, -0.1) is 21.5 Å². The van der Waals surface area contributed by atoms with Crippen molar-refractivity contribution in [3.8, 4) is 0 Å². The Balaban J connectivity index is 1.67. The molecule has 0 aromatic carbocycles. The van der Waals surface area contributed by atoms with E-state index in [9.17, 15) is 0 Å². The Labute approximate surface area is 118 Å². The van der Waals surface area contributed by atoms with Gasteiger partial charge in [0.25, 0.3) is 0 Å². The van der Waals surface area contributed by atoms with Crippen molar-refractivity contribution in [1.82, 2.24) is 15.5 Å². The number of thioether (sulfide) groups is 1. The maximum absolute atomic E-state index is 4.35. The largest absolute Gasteiger partial charge is 0.316 e. The van der Waals surface area contributed by atoms with E-state index < -0.39 is 0 Å². The maximum atomic E-state index is 4.35. The first-order chi connectivity index (χ1) is 8.75. The maximum Gasteiger partial charge on any atom is 0.130 e. The predicted molar refractivity (Wildman–Crippen MR) is 80.4 cm³/mol. The van der Waals surface area contributed by atoms with Crippen molar-refractivity contribution in [3.05, 3.63) is 10.0 Å². The third-order valence-electron chi connectivity index (χ3n) is 2.98. The number of rotatable bonds is 7. The highest BCUT2D eigenvalue weighted by atomic mass is 32.2. The summed E-state index contributed by atoms with van der Waals surface area (Å²) in [5.41, 5.74) is 0. The zero-order valence-electron chi connectivity index (χ0n) is 11.3. The van der Waals surface area contributed by atoms with Crippen molar-refractivity contribution < 1.29 is 0 Å². The summed E-state index contributed by atoms with van der Waals surface area (Å²) in [6.45, 7) is 6.68. The summed E-state index contributed by atoms with van der Waals surface area (Å²) in [4.78, 5) is 0. The van der Waals surface area contributed by atoms with Gasteiger partial charge >= 0.3 is 0 Å². The zero-order chi connectivity index (χ0) is 12.8. The molecule has 1 fully saturated rings. The minimum absolute atomic E-state index is 0.635. The average molecular weight is 285 g/mol. The average Bonchev–Trinajstić information content (AvgIpc) is 2.98. The summed E-state index contributed by atoms with van der Waals surface area (Å²) in [6.07, 6.45) is 4.86. The van der Waals surface area contributed by atoms with Crippen LogP contribution in [0.5, 0.6) is 0 Å². The van der Waals surface area contributed by atoms with E-state index in [2.05, 4.69) is 29.4 Å². The normalized spacial score (nSPS) is 19.8. The Hall–Kier alpha value is -0.130. The Kier molecular flexibility index (Phi) is 5.92. The molecule has 18 heavy (non-hydrogen) atoms. The van der Waals surface area contributed by atoms with Crippen molar-refractivity contribution in [2.75, 3.05) is 18.8 Å². The fourth-order valence-electron chi connectivity index (χ4n) is 2.03. The number of aryl methyl sites for hydroxylation is 1. The molecule has 0 bridgehead atoms. The Morgan fingerprint density at radius 3 is 3.00 bits per heavy atom. The van der Waals surface area contributed by atoms with Crippen LogP contribution in [0.4, 0.5) is 0 Å². The van der Waals surface area contributed by atoms with E-state index in [1.54, 1.807) is 0 Å². The minimum Gasteiger partial charge on any atom is -0.316 e. The van der Waals surface area contributed by atoms with Crippen LogP contribution < -0.4 is 5.32 Å². The summed E-state index contributed by atoms with van der Waals surface area (Å²) in [5.74, 6) is 2.02. The van der Waals surface area contributed by atoms with E-state index in [1.807, 2.05) is 23.1 Å². The molecule has 0 radical (unpaired) electrons. The molecule has 1 aliphatic rings. The Bertz CT molecular complexity index is 346. The molecule has 1 atom stereocenters. The van der Waals surface area contributed by atoms with Crippen LogP contribution in [-0.4, -0.2) is 29.0 Å². The van der Waals surface area contributed by atoms with E-state index in [0.29, 0.717) is 5.25 Å². The molecule has 1 N–H and O–H groups in total. The highest BCUT2D eigenvalue weighted by Crippen LogP contribution is 2.40. The molecule has 1 aromatic rings. The van der Waals surface area contributed by atoms with E-state index in [0.717, 1.165) is 25.4 Å². The van der Waals surface area contributed by atoms with E-state index in [-0.39, 0.29) is 0 Å².